The molecule has 0 radical (unpaired) electrons. The minimum absolute atomic E-state index is 0. The molecular weight excluding hydrogens is 433 g/mol. The van der Waals surface area contributed by atoms with E-state index < -0.39 is 0 Å². The Kier molecular flexibility index (Phi) is 10.8. The van der Waals surface area contributed by atoms with Crippen molar-refractivity contribution in [1.29, 1.82) is 0 Å². The average molecular weight is 465 g/mol. The van der Waals surface area contributed by atoms with Gasteiger partial charge in [0.05, 0.1) is 17.7 Å². The summed E-state index contributed by atoms with van der Waals surface area (Å²) in [6.07, 6.45) is 5.26. The molecule has 1 fully saturated rings. The monoisotopic (exact) mass is 465 g/mol. The lowest BCUT2D eigenvalue weighted by molar-refractivity contribution is 0.159. The Morgan fingerprint density at radius 2 is 2.25 bits per heavy atom. The van der Waals surface area contributed by atoms with Crippen LogP contribution in [0, 0.1) is 6.92 Å². The van der Waals surface area contributed by atoms with E-state index in [1.165, 1.54) is 37.2 Å². The number of guanidine groups is 1. The summed E-state index contributed by atoms with van der Waals surface area (Å²) in [5, 5.41) is 6.77. The maximum absolute atomic E-state index is 4.67. The molecular formula is C17H32IN5S. The second kappa shape index (κ2) is 12.0. The van der Waals surface area contributed by atoms with Gasteiger partial charge in [-0.25, -0.2) is 9.98 Å². The normalized spacial score (nSPS) is 19.0. The minimum atomic E-state index is 0. The van der Waals surface area contributed by atoms with Crippen molar-refractivity contribution >= 4 is 41.3 Å². The van der Waals surface area contributed by atoms with Gasteiger partial charge in [-0.3, -0.25) is 0 Å². The second-order valence-electron chi connectivity index (χ2n) is 6.22. The van der Waals surface area contributed by atoms with E-state index in [4.69, 9.17) is 0 Å². The van der Waals surface area contributed by atoms with E-state index in [2.05, 4.69) is 39.4 Å². The van der Waals surface area contributed by atoms with Crippen LogP contribution >= 0.6 is 35.3 Å². The molecule has 0 aromatic carbocycles. The number of nitrogens with one attached hydrogen (secondary N) is 2. The van der Waals surface area contributed by atoms with Crippen molar-refractivity contribution in [1.82, 2.24) is 20.5 Å². The molecule has 24 heavy (non-hydrogen) atoms. The van der Waals surface area contributed by atoms with E-state index in [0.29, 0.717) is 6.54 Å². The highest BCUT2D eigenvalue weighted by Gasteiger charge is 2.17. The predicted octanol–water partition coefficient (Wildman–Crippen LogP) is 3.39. The van der Waals surface area contributed by atoms with Gasteiger partial charge in [-0.05, 0) is 46.6 Å². The van der Waals surface area contributed by atoms with Crippen molar-refractivity contribution in [2.45, 2.75) is 59.0 Å². The van der Waals surface area contributed by atoms with Gasteiger partial charge in [-0.2, -0.15) is 0 Å². The first-order valence-electron chi connectivity index (χ1n) is 8.86. The largest absolute Gasteiger partial charge is 0.357 e. The second-order valence-corrected chi connectivity index (χ2v) is 7.16. The number of rotatable bonds is 7. The highest BCUT2D eigenvalue weighted by atomic mass is 127. The molecule has 1 saturated heterocycles. The molecule has 0 aliphatic carbocycles. The molecule has 1 aliphatic heterocycles. The number of aliphatic imine (C=N–C) groups is 1. The van der Waals surface area contributed by atoms with Crippen LogP contribution in [0.25, 0.3) is 0 Å². The van der Waals surface area contributed by atoms with Gasteiger partial charge in [0.15, 0.2) is 5.96 Å². The van der Waals surface area contributed by atoms with Crippen LogP contribution < -0.4 is 10.6 Å². The number of hydrogen-bond donors (Lipinski definition) is 2. The zero-order valence-corrected chi connectivity index (χ0v) is 18.3. The van der Waals surface area contributed by atoms with Crippen molar-refractivity contribution in [3.63, 3.8) is 0 Å². The van der Waals surface area contributed by atoms with Gasteiger partial charge in [0.2, 0.25) is 0 Å². The zero-order chi connectivity index (χ0) is 16.5. The topological polar surface area (TPSA) is 52.6 Å². The maximum atomic E-state index is 4.67. The van der Waals surface area contributed by atoms with Crippen LogP contribution in [-0.4, -0.2) is 48.1 Å². The molecule has 2 rings (SSSR count). The minimum Gasteiger partial charge on any atom is -0.357 e. The number of nitrogens with zero attached hydrogens (tertiary/aromatic N) is 3. The van der Waals surface area contributed by atoms with Gasteiger partial charge in [0.25, 0.3) is 0 Å². The van der Waals surface area contributed by atoms with Gasteiger partial charge in [0.1, 0.15) is 0 Å². The number of halogens is 1. The standard InChI is InChI=1S/C17H31N5S.HI/c1-4-18-17(20-12-16-15(3)21-13-23-16)19-9-7-11-22-10-6-5-8-14(22)2;/h13-14H,4-12H2,1-3H3,(H2,18,19,20);1H. The summed E-state index contributed by atoms with van der Waals surface area (Å²) in [6, 6.07) is 0.750. The molecule has 2 heterocycles. The van der Waals surface area contributed by atoms with Crippen molar-refractivity contribution in [3.8, 4) is 0 Å². The Hall–Kier alpha value is -0.410. The Balaban J connectivity index is 0.00000288. The number of aromatic nitrogens is 1. The van der Waals surface area contributed by atoms with Crippen LogP contribution in [0.15, 0.2) is 10.5 Å². The average Bonchev–Trinajstić information content (AvgIpc) is 2.96. The molecule has 7 heteroatoms. The summed E-state index contributed by atoms with van der Waals surface area (Å²) in [4.78, 5) is 12.8. The highest BCUT2D eigenvalue weighted by molar-refractivity contribution is 14.0. The van der Waals surface area contributed by atoms with Crippen LogP contribution in [0.5, 0.6) is 0 Å². The first-order chi connectivity index (χ1) is 11.2. The quantitative estimate of drug-likeness (QED) is 0.281. The van der Waals surface area contributed by atoms with E-state index in [1.54, 1.807) is 11.3 Å². The number of thiazole rings is 1. The van der Waals surface area contributed by atoms with Gasteiger partial charge in [-0.1, -0.05) is 6.42 Å². The lowest BCUT2D eigenvalue weighted by Gasteiger charge is -2.33. The van der Waals surface area contributed by atoms with E-state index in [1.807, 2.05) is 12.4 Å². The summed E-state index contributed by atoms with van der Waals surface area (Å²) >= 11 is 1.68. The molecule has 1 aliphatic rings. The number of aryl methyl sites for hydroxylation is 1. The molecule has 0 amide bonds. The first kappa shape index (κ1) is 21.6. The van der Waals surface area contributed by atoms with E-state index in [0.717, 1.165) is 37.2 Å². The van der Waals surface area contributed by atoms with E-state index >= 15 is 0 Å². The fourth-order valence-electron chi connectivity index (χ4n) is 2.95. The smallest absolute Gasteiger partial charge is 0.191 e. The fourth-order valence-corrected chi connectivity index (χ4v) is 3.65. The van der Waals surface area contributed by atoms with Gasteiger partial charge >= 0.3 is 0 Å². The SMILES string of the molecule is CCNC(=NCc1scnc1C)NCCCN1CCCCC1C.I. The maximum Gasteiger partial charge on any atom is 0.191 e. The molecule has 5 nitrogen and oxygen atoms in total. The third-order valence-corrected chi connectivity index (χ3v) is 5.34. The first-order valence-corrected chi connectivity index (χ1v) is 9.74. The third kappa shape index (κ3) is 7.23. The summed E-state index contributed by atoms with van der Waals surface area (Å²) in [7, 11) is 0. The lowest BCUT2D eigenvalue weighted by atomic mass is 10.0. The fraction of sp³-hybridized carbons (Fsp3) is 0.765. The molecule has 0 spiro atoms. The van der Waals surface area contributed by atoms with Crippen LogP contribution in [0.4, 0.5) is 0 Å². The number of likely N-dealkylation sites (tertiary alicyclic amines) is 1. The molecule has 0 saturated carbocycles. The zero-order valence-electron chi connectivity index (χ0n) is 15.2. The summed E-state index contributed by atoms with van der Waals surface area (Å²) in [5.41, 5.74) is 2.98. The van der Waals surface area contributed by atoms with E-state index in [9.17, 15) is 0 Å². The predicted molar refractivity (Wildman–Crippen MR) is 115 cm³/mol. The van der Waals surface area contributed by atoms with Gasteiger partial charge in [0, 0.05) is 30.6 Å². The number of piperidine rings is 1. The summed E-state index contributed by atoms with van der Waals surface area (Å²) in [6.45, 7) is 11.5. The molecule has 1 unspecified atom stereocenters. The van der Waals surface area contributed by atoms with Crippen molar-refractivity contribution in [2.24, 2.45) is 4.99 Å². The third-order valence-electron chi connectivity index (χ3n) is 4.42. The Morgan fingerprint density at radius 3 is 2.92 bits per heavy atom. The van der Waals surface area contributed by atoms with Crippen LogP contribution in [0.3, 0.4) is 0 Å². The summed E-state index contributed by atoms with van der Waals surface area (Å²) < 4.78 is 0. The van der Waals surface area contributed by atoms with Crippen molar-refractivity contribution < 1.29 is 0 Å². The van der Waals surface area contributed by atoms with Crippen molar-refractivity contribution in [2.75, 3.05) is 26.2 Å². The van der Waals surface area contributed by atoms with Crippen LogP contribution in [-0.2, 0) is 6.54 Å². The molecule has 1 aromatic heterocycles. The van der Waals surface area contributed by atoms with Gasteiger partial charge < -0.3 is 15.5 Å². The van der Waals surface area contributed by atoms with E-state index in [-0.39, 0.29) is 24.0 Å². The molecule has 0 bridgehead atoms. The number of hydrogen-bond acceptors (Lipinski definition) is 4. The highest BCUT2D eigenvalue weighted by Crippen LogP contribution is 2.16. The lowest BCUT2D eigenvalue weighted by Crippen LogP contribution is -2.41. The summed E-state index contributed by atoms with van der Waals surface area (Å²) in [5.74, 6) is 0.909. The molecule has 2 N–H and O–H groups in total. The Morgan fingerprint density at radius 1 is 1.42 bits per heavy atom. The van der Waals surface area contributed by atoms with Crippen LogP contribution in [0.2, 0.25) is 0 Å². The Labute approximate surface area is 167 Å². The molecule has 1 atom stereocenters. The van der Waals surface area contributed by atoms with Gasteiger partial charge in [-0.15, -0.1) is 35.3 Å². The molecule has 1 aromatic rings. The Bertz CT molecular complexity index is 491. The molecule has 138 valence electrons. The van der Waals surface area contributed by atoms with Crippen molar-refractivity contribution in [3.05, 3.63) is 16.1 Å². The van der Waals surface area contributed by atoms with Crippen LogP contribution in [0.1, 0.15) is 50.1 Å².